The van der Waals surface area contributed by atoms with Gasteiger partial charge in [0.2, 0.25) is 0 Å². The molecule has 2 aliphatic rings. The van der Waals surface area contributed by atoms with E-state index in [9.17, 15) is 0 Å². The number of rotatable bonds is 0. The zero-order valence-corrected chi connectivity index (χ0v) is 22.9. The van der Waals surface area contributed by atoms with Crippen molar-refractivity contribution in [3.8, 4) is 24.2 Å². The van der Waals surface area contributed by atoms with E-state index in [1.165, 1.54) is 71.2 Å². The summed E-state index contributed by atoms with van der Waals surface area (Å²) in [6.07, 6.45) is 19.5. The Hall–Kier alpha value is -3.52. The van der Waals surface area contributed by atoms with Gasteiger partial charge in [-0.1, -0.05) is 107 Å². The minimum absolute atomic E-state index is 1.11. The van der Waals surface area contributed by atoms with Crippen LogP contribution in [0.15, 0.2) is 113 Å². The van der Waals surface area contributed by atoms with Crippen LogP contribution >= 0.6 is 15.9 Å². The molecule has 6 rings (SSSR count). The van der Waals surface area contributed by atoms with E-state index in [2.05, 4.69) is 131 Å². The number of allylic oxidation sites excluding steroid dienone is 4. The number of hydrogen-bond donors (Lipinski definition) is 0. The van der Waals surface area contributed by atoms with E-state index in [-0.39, 0.29) is 0 Å². The molecule has 0 fully saturated rings. The Kier molecular flexibility index (Phi) is 10.2. The average Bonchev–Trinajstić information content (AvgIpc) is 2.97. The number of benzene rings is 4. The normalized spacial score (nSPS) is 14.4. The van der Waals surface area contributed by atoms with E-state index in [0.29, 0.717) is 0 Å². The first kappa shape index (κ1) is 26.5. The van der Waals surface area contributed by atoms with Crippen molar-refractivity contribution in [2.45, 2.75) is 51.4 Å². The van der Waals surface area contributed by atoms with Gasteiger partial charge >= 0.3 is 0 Å². The third-order valence-corrected chi connectivity index (χ3v) is 7.09. The molecule has 0 nitrogen and oxygen atoms in total. The second-order valence-electron chi connectivity index (χ2n) is 9.40. The number of terminal acetylenes is 1. The molecule has 0 saturated carbocycles. The van der Waals surface area contributed by atoms with Crippen molar-refractivity contribution in [3.05, 3.63) is 118 Å². The summed E-state index contributed by atoms with van der Waals surface area (Å²) in [6.45, 7) is 0. The molecule has 184 valence electrons. The fourth-order valence-electron chi connectivity index (χ4n) is 4.50. The molecule has 0 spiro atoms. The van der Waals surface area contributed by atoms with E-state index in [0.717, 1.165) is 22.9 Å². The zero-order chi connectivity index (χ0) is 25.7. The molecule has 4 aromatic carbocycles. The van der Waals surface area contributed by atoms with Crippen molar-refractivity contribution in [1.29, 1.82) is 0 Å². The van der Waals surface area contributed by atoms with Gasteiger partial charge in [0.15, 0.2) is 0 Å². The van der Waals surface area contributed by atoms with Crippen LogP contribution in [0.1, 0.15) is 56.9 Å². The van der Waals surface area contributed by atoms with Gasteiger partial charge in [-0.3, -0.25) is 0 Å². The molecule has 0 radical (unpaired) electrons. The maximum absolute atomic E-state index is 5.18. The highest BCUT2D eigenvalue weighted by atomic mass is 79.9. The Bertz CT molecular complexity index is 1500. The standard InChI is InChI=1S/C18H16.C10H7Br.C8H10/c1-2-6-15(7-3-1)10-11-16-12-13-17-8-4-5-9-18(17)14-16;11-10-6-5-8-3-1-2-4-9(8)7-10;1-2-8-6-4-3-5-7-8/h4-6,8-9,12-14H,1-3,7H2;1-7H;1,6H,3-5,7H2. The van der Waals surface area contributed by atoms with Crippen LogP contribution in [-0.4, -0.2) is 0 Å². The first-order valence-corrected chi connectivity index (χ1v) is 14.0. The van der Waals surface area contributed by atoms with Gasteiger partial charge in [0.05, 0.1) is 0 Å². The van der Waals surface area contributed by atoms with E-state index >= 15 is 0 Å². The Morgan fingerprint density at radius 2 is 1.14 bits per heavy atom. The molecule has 2 aliphatic carbocycles. The predicted molar refractivity (Wildman–Crippen MR) is 164 cm³/mol. The molecule has 0 N–H and O–H groups in total. The van der Waals surface area contributed by atoms with Gasteiger partial charge in [0.25, 0.3) is 0 Å². The Balaban J connectivity index is 0.000000143. The van der Waals surface area contributed by atoms with Crippen molar-refractivity contribution in [1.82, 2.24) is 0 Å². The second-order valence-corrected chi connectivity index (χ2v) is 10.3. The number of halogens is 1. The van der Waals surface area contributed by atoms with E-state index in [4.69, 9.17) is 6.42 Å². The van der Waals surface area contributed by atoms with Crippen LogP contribution in [0.25, 0.3) is 21.5 Å². The topological polar surface area (TPSA) is 0 Å². The van der Waals surface area contributed by atoms with Crippen LogP contribution < -0.4 is 0 Å². The van der Waals surface area contributed by atoms with Crippen molar-refractivity contribution in [2.75, 3.05) is 0 Å². The Labute approximate surface area is 230 Å². The lowest BCUT2D eigenvalue weighted by Gasteiger charge is -2.05. The smallest absolute Gasteiger partial charge is 0.0255 e. The van der Waals surface area contributed by atoms with Gasteiger partial charge in [0.1, 0.15) is 0 Å². The predicted octanol–water partition coefficient (Wildman–Crippen LogP) is 10.4. The summed E-state index contributed by atoms with van der Waals surface area (Å²) in [5.41, 5.74) is 3.63. The van der Waals surface area contributed by atoms with Crippen molar-refractivity contribution in [2.24, 2.45) is 0 Å². The van der Waals surface area contributed by atoms with Gasteiger partial charge < -0.3 is 0 Å². The van der Waals surface area contributed by atoms with Crippen LogP contribution in [0, 0.1) is 24.2 Å². The summed E-state index contributed by atoms with van der Waals surface area (Å²) in [5.74, 6) is 9.27. The van der Waals surface area contributed by atoms with Crippen LogP contribution in [0.5, 0.6) is 0 Å². The summed E-state index contributed by atoms with van der Waals surface area (Å²) in [7, 11) is 0. The maximum atomic E-state index is 5.18. The van der Waals surface area contributed by atoms with Crippen molar-refractivity contribution < 1.29 is 0 Å². The van der Waals surface area contributed by atoms with Crippen LogP contribution in [0.3, 0.4) is 0 Å². The molecular weight excluding hydrogens is 512 g/mol. The highest BCUT2D eigenvalue weighted by Gasteiger charge is 2.00. The number of hydrogen-bond acceptors (Lipinski definition) is 0. The second kappa shape index (κ2) is 14.3. The highest BCUT2D eigenvalue weighted by molar-refractivity contribution is 9.10. The fourth-order valence-corrected chi connectivity index (χ4v) is 4.88. The summed E-state index contributed by atoms with van der Waals surface area (Å²) >= 11 is 3.43. The summed E-state index contributed by atoms with van der Waals surface area (Å²) < 4.78 is 1.14. The zero-order valence-electron chi connectivity index (χ0n) is 21.3. The first-order chi connectivity index (χ1) is 18.2. The van der Waals surface area contributed by atoms with E-state index in [1.54, 1.807) is 0 Å². The van der Waals surface area contributed by atoms with E-state index < -0.39 is 0 Å². The van der Waals surface area contributed by atoms with Gasteiger partial charge in [-0.25, -0.2) is 0 Å². The first-order valence-electron chi connectivity index (χ1n) is 13.2. The summed E-state index contributed by atoms with van der Waals surface area (Å²) in [5, 5.41) is 5.11. The monoisotopic (exact) mass is 544 g/mol. The molecule has 0 heterocycles. The van der Waals surface area contributed by atoms with Crippen molar-refractivity contribution >= 4 is 37.5 Å². The minimum atomic E-state index is 1.11. The third kappa shape index (κ3) is 8.53. The van der Waals surface area contributed by atoms with Gasteiger partial charge in [0, 0.05) is 10.0 Å². The van der Waals surface area contributed by atoms with E-state index in [1.807, 2.05) is 0 Å². The molecular formula is C36H33Br. The van der Waals surface area contributed by atoms with Crippen molar-refractivity contribution in [3.63, 3.8) is 0 Å². The lowest BCUT2D eigenvalue weighted by Crippen LogP contribution is -1.88. The van der Waals surface area contributed by atoms with Crippen LogP contribution in [-0.2, 0) is 0 Å². The molecule has 4 aromatic rings. The molecule has 1 heteroatoms. The van der Waals surface area contributed by atoms with Crippen LogP contribution in [0.2, 0.25) is 0 Å². The average molecular weight is 546 g/mol. The quantitative estimate of drug-likeness (QED) is 0.193. The Morgan fingerprint density at radius 1 is 0.568 bits per heavy atom. The molecule has 0 aliphatic heterocycles. The van der Waals surface area contributed by atoms with Gasteiger partial charge in [-0.05, 0) is 108 Å². The molecule has 0 amide bonds. The van der Waals surface area contributed by atoms with Gasteiger partial charge in [-0.2, -0.15) is 0 Å². The fraction of sp³-hybridized carbons (Fsp3) is 0.222. The lowest BCUT2D eigenvalue weighted by atomic mass is 9.99. The van der Waals surface area contributed by atoms with Crippen LogP contribution in [0.4, 0.5) is 0 Å². The summed E-state index contributed by atoms with van der Waals surface area (Å²) in [4.78, 5) is 0. The van der Waals surface area contributed by atoms with Gasteiger partial charge in [-0.15, -0.1) is 6.42 Å². The maximum Gasteiger partial charge on any atom is 0.0255 e. The molecule has 0 aromatic heterocycles. The molecule has 0 bridgehead atoms. The SMILES string of the molecule is Brc1ccc2ccccc2c1.C#CC1=CCCCC1.C(#Cc1ccc2ccccc2c1)C1=CCCCC1. The molecule has 0 unspecified atom stereocenters. The minimum Gasteiger partial charge on any atom is -0.115 e. The Morgan fingerprint density at radius 3 is 1.70 bits per heavy atom. The molecule has 0 saturated heterocycles. The summed E-state index contributed by atoms with van der Waals surface area (Å²) in [6, 6.07) is 29.5. The largest absolute Gasteiger partial charge is 0.115 e. The third-order valence-electron chi connectivity index (χ3n) is 6.60. The highest BCUT2D eigenvalue weighted by Crippen LogP contribution is 2.19. The number of fused-ring (bicyclic) bond motifs is 2. The molecule has 37 heavy (non-hydrogen) atoms. The molecule has 0 atom stereocenters. The lowest BCUT2D eigenvalue weighted by molar-refractivity contribution is 0.715.